The van der Waals surface area contributed by atoms with Gasteiger partial charge in [0.15, 0.2) is 15.7 Å². The number of nitrogens with two attached hydrogens (primary N) is 1. The molecule has 0 saturated heterocycles. The summed E-state index contributed by atoms with van der Waals surface area (Å²) in [6.45, 7) is 1.62. The smallest absolute Gasteiger partial charge is 0.257 e. The van der Waals surface area contributed by atoms with Crippen molar-refractivity contribution >= 4 is 9.84 Å². The van der Waals surface area contributed by atoms with Crippen LogP contribution in [0.15, 0.2) is 33.7 Å². The molecule has 1 aromatic carbocycles. The van der Waals surface area contributed by atoms with Gasteiger partial charge in [-0.25, -0.2) is 8.42 Å². The van der Waals surface area contributed by atoms with Gasteiger partial charge in [-0.1, -0.05) is 24.9 Å². The molecule has 0 radical (unpaired) electrons. The summed E-state index contributed by atoms with van der Waals surface area (Å²) >= 11 is 0. The van der Waals surface area contributed by atoms with Gasteiger partial charge in [-0.05, 0) is 37.1 Å². The van der Waals surface area contributed by atoms with Crippen LogP contribution in [0.3, 0.4) is 0 Å². The summed E-state index contributed by atoms with van der Waals surface area (Å²) in [5.74, 6) is 0.977. The molecule has 2 N–H and O–H groups in total. The molecule has 118 valence electrons. The second kappa shape index (κ2) is 5.48. The van der Waals surface area contributed by atoms with Crippen molar-refractivity contribution in [1.29, 1.82) is 0 Å². The van der Waals surface area contributed by atoms with Crippen molar-refractivity contribution in [2.45, 2.75) is 43.0 Å². The summed E-state index contributed by atoms with van der Waals surface area (Å²) in [6, 6.07) is 6.48. The van der Waals surface area contributed by atoms with E-state index in [2.05, 4.69) is 10.1 Å². The second-order valence-electron chi connectivity index (χ2n) is 5.71. The van der Waals surface area contributed by atoms with Crippen molar-refractivity contribution in [3.8, 4) is 11.5 Å². The zero-order valence-corrected chi connectivity index (χ0v) is 13.3. The Morgan fingerprint density at radius 3 is 2.45 bits per heavy atom. The van der Waals surface area contributed by atoms with Crippen molar-refractivity contribution in [3.63, 3.8) is 0 Å². The molecular formula is C15H19N3O3S. The van der Waals surface area contributed by atoms with E-state index in [-0.39, 0.29) is 5.75 Å². The van der Waals surface area contributed by atoms with Crippen LogP contribution >= 0.6 is 0 Å². The molecule has 1 heterocycles. The SMILES string of the molecule is CCS(=O)(=O)c1ccc(-c2nc(C3(N)CCCC3)no2)cc1. The first-order valence-electron chi connectivity index (χ1n) is 7.41. The van der Waals surface area contributed by atoms with Crippen molar-refractivity contribution in [2.75, 3.05) is 5.75 Å². The van der Waals surface area contributed by atoms with Gasteiger partial charge < -0.3 is 10.3 Å². The van der Waals surface area contributed by atoms with E-state index in [1.165, 1.54) is 0 Å². The van der Waals surface area contributed by atoms with Crippen LogP contribution in [0.4, 0.5) is 0 Å². The molecule has 0 amide bonds. The number of hydrogen-bond acceptors (Lipinski definition) is 6. The lowest BCUT2D eigenvalue weighted by Gasteiger charge is -2.17. The number of benzene rings is 1. The number of hydrogen-bond donors (Lipinski definition) is 1. The molecule has 3 rings (SSSR count). The van der Waals surface area contributed by atoms with Gasteiger partial charge in [-0.15, -0.1) is 0 Å². The number of rotatable bonds is 4. The van der Waals surface area contributed by atoms with Gasteiger partial charge in [0.1, 0.15) is 0 Å². The van der Waals surface area contributed by atoms with Crippen LogP contribution in [-0.4, -0.2) is 24.3 Å². The first-order valence-corrected chi connectivity index (χ1v) is 9.06. The Morgan fingerprint density at radius 1 is 1.23 bits per heavy atom. The lowest BCUT2D eigenvalue weighted by molar-refractivity contribution is 0.372. The summed E-state index contributed by atoms with van der Waals surface area (Å²) in [4.78, 5) is 4.69. The van der Waals surface area contributed by atoms with E-state index in [0.717, 1.165) is 25.7 Å². The van der Waals surface area contributed by atoms with Gasteiger partial charge in [0, 0.05) is 5.56 Å². The highest BCUT2D eigenvalue weighted by Gasteiger charge is 2.36. The molecular weight excluding hydrogens is 302 g/mol. The molecule has 7 heteroatoms. The number of nitrogens with zero attached hydrogens (tertiary/aromatic N) is 2. The van der Waals surface area contributed by atoms with Crippen molar-refractivity contribution in [1.82, 2.24) is 10.1 Å². The molecule has 0 unspecified atom stereocenters. The molecule has 1 aliphatic rings. The highest BCUT2D eigenvalue weighted by atomic mass is 32.2. The Morgan fingerprint density at radius 2 is 1.86 bits per heavy atom. The normalized spacial score (nSPS) is 17.7. The van der Waals surface area contributed by atoms with Crippen LogP contribution in [-0.2, 0) is 15.4 Å². The summed E-state index contributed by atoms with van der Waals surface area (Å²) in [5.41, 5.74) is 6.50. The molecule has 2 aromatic rings. The third-order valence-electron chi connectivity index (χ3n) is 4.21. The average Bonchev–Trinajstić information content (AvgIpc) is 3.17. The summed E-state index contributed by atoms with van der Waals surface area (Å²) in [5, 5.41) is 4.00. The number of sulfone groups is 1. The first-order chi connectivity index (χ1) is 10.4. The van der Waals surface area contributed by atoms with E-state index in [1.807, 2.05) is 0 Å². The van der Waals surface area contributed by atoms with E-state index in [9.17, 15) is 8.42 Å². The van der Waals surface area contributed by atoms with E-state index in [1.54, 1.807) is 31.2 Å². The predicted molar refractivity (Wildman–Crippen MR) is 81.8 cm³/mol. The van der Waals surface area contributed by atoms with Gasteiger partial charge in [-0.2, -0.15) is 4.98 Å². The lowest BCUT2D eigenvalue weighted by atomic mass is 9.99. The minimum Gasteiger partial charge on any atom is -0.334 e. The highest BCUT2D eigenvalue weighted by Crippen LogP contribution is 2.35. The summed E-state index contributed by atoms with van der Waals surface area (Å²) in [6.07, 6.45) is 3.87. The minimum atomic E-state index is -3.20. The first kappa shape index (κ1) is 15.2. The highest BCUT2D eigenvalue weighted by molar-refractivity contribution is 7.91. The van der Waals surface area contributed by atoms with Crippen LogP contribution in [0, 0.1) is 0 Å². The molecule has 1 aliphatic carbocycles. The maximum Gasteiger partial charge on any atom is 0.257 e. The third-order valence-corrected chi connectivity index (χ3v) is 5.96. The quantitative estimate of drug-likeness (QED) is 0.927. The standard InChI is InChI=1S/C15H19N3O3S/c1-2-22(19,20)12-7-5-11(6-8-12)13-17-14(18-21-13)15(16)9-3-4-10-15/h5-8H,2-4,9-10,16H2,1H3. The summed E-state index contributed by atoms with van der Waals surface area (Å²) in [7, 11) is -3.20. The van der Waals surface area contributed by atoms with E-state index in [4.69, 9.17) is 10.3 Å². The van der Waals surface area contributed by atoms with E-state index < -0.39 is 15.4 Å². The molecule has 0 atom stereocenters. The zero-order chi connectivity index (χ0) is 15.8. The van der Waals surface area contributed by atoms with E-state index in [0.29, 0.717) is 22.2 Å². The topological polar surface area (TPSA) is 99.1 Å². The molecule has 0 aliphatic heterocycles. The van der Waals surface area contributed by atoms with Crippen LogP contribution < -0.4 is 5.73 Å². The van der Waals surface area contributed by atoms with Crippen LogP contribution in [0.2, 0.25) is 0 Å². The fourth-order valence-corrected chi connectivity index (χ4v) is 3.63. The third kappa shape index (κ3) is 2.66. The summed E-state index contributed by atoms with van der Waals surface area (Å²) < 4.78 is 28.9. The maximum absolute atomic E-state index is 11.8. The Balaban J connectivity index is 1.88. The predicted octanol–water partition coefficient (Wildman–Crippen LogP) is 2.26. The van der Waals surface area contributed by atoms with Gasteiger partial charge in [0.2, 0.25) is 0 Å². The van der Waals surface area contributed by atoms with E-state index >= 15 is 0 Å². The Hall–Kier alpha value is -1.73. The average molecular weight is 321 g/mol. The Bertz CT molecular complexity index is 760. The Kier molecular flexibility index (Phi) is 3.78. The molecule has 0 spiro atoms. The Labute approximate surface area is 129 Å². The van der Waals surface area contributed by atoms with Gasteiger partial charge in [-0.3, -0.25) is 0 Å². The zero-order valence-electron chi connectivity index (χ0n) is 12.4. The molecule has 1 aromatic heterocycles. The molecule has 1 saturated carbocycles. The fraction of sp³-hybridized carbons (Fsp3) is 0.467. The van der Waals surface area contributed by atoms with Gasteiger partial charge in [0.25, 0.3) is 5.89 Å². The maximum atomic E-state index is 11.8. The second-order valence-corrected chi connectivity index (χ2v) is 7.99. The number of aromatic nitrogens is 2. The monoisotopic (exact) mass is 321 g/mol. The molecule has 6 nitrogen and oxygen atoms in total. The molecule has 1 fully saturated rings. The van der Waals surface area contributed by atoms with Crippen molar-refractivity contribution in [2.24, 2.45) is 5.73 Å². The van der Waals surface area contributed by atoms with Gasteiger partial charge in [0.05, 0.1) is 16.2 Å². The molecule has 22 heavy (non-hydrogen) atoms. The minimum absolute atomic E-state index is 0.0761. The molecule has 0 bridgehead atoms. The van der Waals surface area contributed by atoms with Crippen LogP contribution in [0.1, 0.15) is 38.4 Å². The van der Waals surface area contributed by atoms with Crippen LogP contribution in [0.25, 0.3) is 11.5 Å². The van der Waals surface area contributed by atoms with Gasteiger partial charge >= 0.3 is 0 Å². The largest absolute Gasteiger partial charge is 0.334 e. The lowest BCUT2D eigenvalue weighted by Crippen LogP contribution is -2.34. The fourth-order valence-electron chi connectivity index (χ4n) is 2.74. The van der Waals surface area contributed by atoms with Crippen LogP contribution in [0.5, 0.6) is 0 Å². The van der Waals surface area contributed by atoms with Crippen molar-refractivity contribution < 1.29 is 12.9 Å². The van der Waals surface area contributed by atoms with Crippen molar-refractivity contribution in [3.05, 3.63) is 30.1 Å².